The van der Waals surface area contributed by atoms with Gasteiger partial charge in [0.25, 0.3) is 0 Å². The van der Waals surface area contributed by atoms with Crippen molar-refractivity contribution in [3.05, 3.63) is 29.8 Å². The molecule has 3 amide bonds. The number of aromatic nitrogens is 3. The molecule has 0 atom stereocenters. The lowest BCUT2D eigenvalue weighted by Gasteiger charge is -2.22. The molecule has 4 rings (SSSR count). The number of nitrogens with one attached hydrogen (secondary N) is 3. The van der Waals surface area contributed by atoms with Crippen LogP contribution in [0.3, 0.4) is 0 Å². The van der Waals surface area contributed by atoms with Crippen LogP contribution in [0.4, 0.5) is 14.9 Å². The molecule has 33 heavy (non-hydrogen) atoms. The van der Waals surface area contributed by atoms with Gasteiger partial charge in [0.2, 0.25) is 5.91 Å². The van der Waals surface area contributed by atoms with Crippen LogP contribution in [0.1, 0.15) is 70.0 Å². The van der Waals surface area contributed by atoms with Crippen molar-refractivity contribution in [1.29, 1.82) is 0 Å². The predicted octanol–water partition coefficient (Wildman–Crippen LogP) is 4.16. The largest absolute Gasteiger partial charge is 0.338 e. The molecule has 2 aliphatic rings. The van der Waals surface area contributed by atoms with Crippen molar-refractivity contribution in [3.8, 4) is 11.4 Å². The molecule has 2 heterocycles. The Morgan fingerprint density at radius 3 is 2.73 bits per heavy atom. The minimum atomic E-state index is -0.493. The SMILES string of the molecule is O=C(CCCNC(=O)NC1CCCCC1)Nc1cc(-c2nnc3n2CCCCC3)ccc1F. The molecular weight excluding hydrogens is 423 g/mol. The van der Waals surface area contributed by atoms with Crippen LogP contribution in [-0.2, 0) is 17.8 Å². The maximum atomic E-state index is 14.4. The molecule has 0 saturated heterocycles. The zero-order valence-electron chi connectivity index (χ0n) is 19.0. The first-order valence-corrected chi connectivity index (χ1v) is 12.2. The number of fused-ring (bicyclic) bond motifs is 1. The van der Waals surface area contributed by atoms with E-state index in [2.05, 4.69) is 30.7 Å². The van der Waals surface area contributed by atoms with Gasteiger partial charge in [-0.05, 0) is 50.3 Å². The lowest BCUT2D eigenvalue weighted by Crippen LogP contribution is -2.43. The van der Waals surface area contributed by atoms with E-state index in [4.69, 9.17) is 0 Å². The van der Waals surface area contributed by atoms with E-state index < -0.39 is 5.82 Å². The fourth-order valence-corrected chi connectivity index (χ4v) is 4.61. The van der Waals surface area contributed by atoms with Crippen LogP contribution < -0.4 is 16.0 Å². The first kappa shape index (κ1) is 23.2. The molecule has 3 N–H and O–H groups in total. The van der Waals surface area contributed by atoms with Crippen molar-refractivity contribution >= 4 is 17.6 Å². The summed E-state index contributed by atoms with van der Waals surface area (Å²) in [4.78, 5) is 24.3. The molecular formula is C24H33FN6O2. The minimum absolute atomic E-state index is 0.131. The molecule has 9 heteroatoms. The van der Waals surface area contributed by atoms with E-state index >= 15 is 0 Å². The second-order valence-electron chi connectivity index (χ2n) is 8.98. The van der Waals surface area contributed by atoms with Gasteiger partial charge in [-0.2, -0.15) is 0 Å². The maximum Gasteiger partial charge on any atom is 0.315 e. The lowest BCUT2D eigenvalue weighted by molar-refractivity contribution is -0.116. The number of hydrogen-bond donors (Lipinski definition) is 3. The van der Waals surface area contributed by atoms with Gasteiger partial charge in [0.05, 0.1) is 5.69 Å². The third-order valence-electron chi connectivity index (χ3n) is 6.41. The number of anilines is 1. The van der Waals surface area contributed by atoms with E-state index in [0.29, 0.717) is 18.8 Å². The van der Waals surface area contributed by atoms with Crippen LogP contribution >= 0.6 is 0 Å². The van der Waals surface area contributed by atoms with Gasteiger partial charge in [0.15, 0.2) is 5.82 Å². The zero-order valence-corrected chi connectivity index (χ0v) is 19.0. The highest BCUT2D eigenvalue weighted by Crippen LogP contribution is 2.26. The molecule has 178 valence electrons. The summed E-state index contributed by atoms with van der Waals surface area (Å²) in [5.74, 6) is 0.876. The molecule has 2 aromatic rings. The second-order valence-corrected chi connectivity index (χ2v) is 8.98. The Labute approximate surface area is 193 Å². The van der Waals surface area contributed by atoms with Gasteiger partial charge in [0.1, 0.15) is 11.6 Å². The van der Waals surface area contributed by atoms with Crippen LogP contribution in [0.2, 0.25) is 0 Å². The van der Waals surface area contributed by atoms with Gasteiger partial charge in [-0.1, -0.05) is 25.7 Å². The summed E-state index contributed by atoms with van der Waals surface area (Å²) in [6, 6.07) is 4.69. The number of hydrogen-bond acceptors (Lipinski definition) is 4. The molecule has 1 fully saturated rings. The highest BCUT2D eigenvalue weighted by Gasteiger charge is 2.18. The minimum Gasteiger partial charge on any atom is -0.338 e. The van der Waals surface area contributed by atoms with Crippen LogP contribution in [-0.4, -0.2) is 39.3 Å². The predicted molar refractivity (Wildman–Crippen MR) is 124 cm³/mol. The number of amides is 3. The average molecular weight is 457 g/mol. The number of halogens is 1. The Morgan fingerprint density at radius 2 is 1.88 bits per heavy atom. The van der Waals surface area contributed by atoms with Crippen LogP contribution in [0, 0.1) is 5.82 Å². The summed E-state index contributed by atoms with van der Waals surface area (Å²) in [7, 11) is 0. The molecule has 1 saturated carbocycles. The summed E-state index contributed by atoms with van der Waals surface area (Å²) in [6.45, 7) is 1.23. The van der Waals surface area contributed by atoms with Crippen molar-refractivity contribution in [2.24, 2.45) is 0 Å². The van der Waals surface area contributed by atoms with Crippen LogP contribution in [0.25, 0.3) is 11.4 Å². The second kappa shape index (κ2) is 11.2. The first-order valence-electron chi connectivity index (χ1n) is 12.2. The van der Waals surface area contributed by atoms with E-state index in [-0.39, 0.29) is 30.1 Å². The summed E-state index contributed by atoms with van der Waals surface area (Å²) >= 11 is 0. The Kier molecular flexibility index (Phi) is 7.91. The highest BCUT2D eigenvalue weighted by molar-refractivity contribution is 5.91. The molecule has 0 unspecified atom stereocenters. The van der Waals surface area contributed by atoms with E-state index in [1.165, 1.54) is 12.5 Å². The Hall–Kier alpha value is -2.97. The quantitative estimate of drug-likeness (QED) is 0.545. The molecule has 8 nitrogen and oxygen atoms in total. The number of nitrogens with zero attached hydrogens (tertiary/aromatic N) is 3. The smallest absolute Gasteiger partial charge is 0.315 e. The van der Waals surface area contributed by atoms with Gasteiger partial charge in [-0.3, -0.25) is 4.79 Å². The molecule has 1 aliphatic heterocycles. The van der Waals surface area contributed by atoms with Crippen LogP contribution in [0.5, 0.6) is 0 Å². The first-order chi connectivity index (χ1) is 16.1. The fraction of sp³-hybridized carbons (Fsp3) is 0.583. The third-order valence-corrected chi connectivity index (χ3v) is 6.41. The Bertz CT molecular complexity index is 970. The number of urea groups is 1. The normalized spacial score (nSPS) is 16.5. The average Bonchev–Trinajstić information content (AvgIpc) is 3.07. The van der Waals surface area contributed by atoms with E-state index in [1.54, 1.807) is 12.1 Å². The van der Waals surface area contributed by atoms with Gasteiger partial charge < -0.3 is 20.5 Å². The number of carbonyl (C=O) groups excluding carboxylic acids is 2. The maximum absolute atomic E-state index is 14.4. The molecule has 0 spiro atoms. The van der Waals surface area contributed by atoms with Crippen molar-refractivity contribution in [2.75, 3.05) is 11.9 Å². The number of benzene rings is 1. The standard InChI is InChI=1S/C24H33FN6O2/c25-19-13-12-17(23-30-29-21-10-5-2-6-15-31(21)23)16-20(19)28-22(32)11-7-14-26-24(33)27-18-8-3-1-4-9-18/h12-13,16,18H,1-11,14-15H2,(H,28,32)(H2,26,27,33). The third kappa shape index (κ3) is 6.30. The monoisotopic (exact) mass is 456 g/mol. The van der Waals surface area contributed by atoms with Gasteiger partial charge >= 0.3 is 6.03 Å². The van der Waals surface area contributed by atoms with E-state index in [0.717, 1.165) is 69.3 Å². The molecule has 0 radical (unpaired) electrons. The zero-order chi connectivity index (χ0) is 23.0. The summed E-state index contributed by atoms with van der Waals surface area (Å²) in [5.41, 5.74) is 0.861. The summed E-state index contributed by atoms with van der Waals surface area (Å²) < 4.78 is 16.5. The Morgan fingerprint density at radius 1 is 1.06 bits per heavy atom. The fourth-order valence-electron chi connectivity index (χ4n) is 4.61. The molecule has 1 aromatic heterocycles. The van der Waals surface area contributed by atoms with E-state index in [9.17, 15) is 14.0 Å². The van der Waals surface area contributed by atoms with Crippen molar-refractivity contribution < 1.29 is 14.0 Å². The molecule has 0 bridgehead atoms. The van der Waals surface area contributed by atoms with Crippen molar-refractivity contribution in [3.63, 3.8) is 0 Å². The molecule has 1 aromatic carbocycles. The summed E-state index contributed by atoms with van der Waals surface area (Å²) in [6.07, 6.45) is 10.5. The highest BCUT2D eigenvalue weighted by atomic mass is 19.1. The van der Waals surface area contributed by atoms with Crippen molar-refractivity contribution in [1.82, 2.24) is 25.4 Å². The van der Waals surface area contributed by atoms with Crippen molar-refractivity contribution in [2.45, 2.75) is 83.2 Å². The topological polar surface area (TPSA) is 101 Å². The molecule has 1 aliphatic carbocycles. The number of carbonyl (C=O) groups is 2. The van der Waals surface area contributed by atoms with E-state index in [1.807, 2.05) is 0 Å². The van der Waals surface area contributed by atoms with Gasteiger partial charge in [-0.25, -0.2) is 9.18 Å². The number of aryl methyl sites for hydroxylation is 1. The van der Waals surface area contributed by atoms with Gasteiger partial charge in [-0.15, -0.1) is 10.2 Å². The number of rotatable bonds is 7. The van der Waals surface area contributed by atoms with Gasteiger partial charge in [0, 0.05) is 37.5 Å². The lowest BCUT2D eigenvalue weighted by atomic mass is 9.96. The summed E-state index contributed by atoms with van der Waals surface area (Å²) in [5, 5.41) is 17.1. The van der Waals surface area contributed by atoms with Crippen LogP contribution in [0.15, 0.2) is 18.2 Å². The Balaban J connectivity index is 1.27.